The average molecular weight is 480 g/mol. The van der Waals surface area contributed by atoms with Crippen molar-refractivity contribution in [3.63, 3.8) is 0 Å². The summed E-state index contributed by atoms with van der Waals surface area (Å²) in [4.78, 5) is 25.0. The lowest BCUT2D eigenvalue weighted by Gasteiger charge is -2.30. The number of nitrogens with one attached hydrogen (secondary N) is 2. The molecule has 8 heteroatoms. The van der Waals surface area contributed by atoms with Crippen molar-refractivity contribution in [3.05, 3.63) is 66.7 Å². The maximum absolute atomic E-state index is 13.2. The van der Waals surface area contributed by atoms with Crippen LogP contribution in [0.3, 0.4) is 0 Å². The number of carbonyl (C=O) groups is 2. The van der Waals surface area contributed by atoms with Gasteiger partial charge in [0.25, 0.3) is 0 Å². The molecule has 0 aromatic heterocycles. The Labute approximate surface area is 200 Å². The lowest BCUT2D eigenvalue weighted by atomic mass is 9.97. The summed E-state index contributed by atoms with van der Waals surface area (Å²) in [6, 6.07) is 19.8. The van der Waals surface area contributed by atoms with Gasteiger partial charge in [0, 0.05) is 36.3 Å². The summed E-state index contributed by atoms with van der Waals surface area (Å²) in [5.41, 5.74) is 1.21. The van der Waals surface area contributed by atoms with Crippen molar-refractivity contribution in [2.24, 2.45) is 11.8 Å². The molecule has 1 saturated heterocycles. The Kier molecular flexibility index (Phi) is 7.00. The van der Waals surface area contributed by atoms with Crippen LogP contribution in [0.2, 0.25) is 0 Å². The molecule has 3 aromatic rings. The molecule has 34 heavy (non-hydrogen) atoms. The molecule has 0 bridgehead atoms. The third-order valence-corrected chi connectivity index (χ3v) is 8.00. The van der Waals surface area contributed by atoms with Gasteiger partial charge >= 0.3 is 0 Å². The maximum atomic E-state index is 13.2. The summed E-state index contributed by atoms with van der Waals surface area (Å²) in [6.07, 6.45) is 0.894. The van der Waals surface area contributed by atoms with E-state index in [2.05, 4.69) is 10.6 Å². The molecule has 2 N–H and O–H groups in total. The van der Waals surface area contributed by atoms with Gasteiger partial charge in [0.15, 0.2) is 0 Å². The Morgan fingerprint density at radius 2 is 1.50 bits per heavy atom. The molecule has 0 spiro atoms. The summed E-state index contributed by atoms with van der Waals surface area (Å²) in [5.74, 6) is -0.662. The van der Waals surface area contributed by atoms with E-state index in [0.29, 0.717) is 24.2 Å². The van der Waals surface area contributed by atoms with Crippen molar-refractivity contribution in [2.75, 3.05) is 23.7 Å². The highest BCUT2D eigenvalue weighted by molar-refractivity contribution is 7.89. The Balaban J connectivity index is 1.37. The molecule has 1 heterocycles. The SMILES string of the molecule is CC(C)C(=O)Nc1cccc(NC(=O)C2CCN(S(=O)(=O)c3ccc4ccccc4c3)CC2)c1. The second-order valence-electron chi connectivity index (χ2n) is 8.90. The van der Waals surface area contributed by atoms with Crippen molar-refractivity contribution in [2.45, 2.75) is 31.6 Å². The smallest absolute Gasteiger partial charge is 0.243 e. The van der Waals surface area contributed by atoms with E-state index in [4.69, 9.17) is 0 Å². The average Bonchev–Trinajstić information content (AvgIpc) is 2.84. The zero-order chi connectivity index (χ0) is 24.3. The number of piperidine rings is 1. The van der Waals surface area contributed by atoms with Gasteiger partial charge < -0.3 is 10.6 Å². The van der Waals surface area contributed by atoms with Crippen LogP contribution in [0.4, 0.5) is 11.4 Å². The van der Waals surface area contributed by atoms with Crippen LogP contribution in [0, 0.1) is 11.8 Å². The number of rotatable bonds is 6. The standard InChI is InChI=1S/C26H29N3O4S/c1-18(2)25(30)27-22-8-5-9-23(17-22)28-26(31)20-12-14-29(15-13-20)34(32,33)24-11-10-19-6-3-4-7-21(19)16-24/h3-11,16-18,20H,12-15H2,1-2H3,(H,27,30)(H,28,31). The van der Waals surface area contributed by atoms with Crippen LogP contribution < -0.4 is 10.6 Å². The molecule has 0 atom stereocenters. The van der Waals surface area contributed by atoms with E-state index in [1.165, 1.54) is 4.31 Å². The van der Waals surface area contributed by atoms with Crippen LogP contribution in [-0.2, 0) is 19.6 Å². The van der Waals surface area contributed by atoms with E-state index in [1.807, 2.05) is 44.2 Å². The second-order valence-corrected chi connectivity index (χ2v) is 10.8. The molecule has 0 saturated carbocycles. The lowest BCUT2D eigenvalue weighted by molar-refractivity contribution is -0.121. The van der Waals surface area contributed by atoms with Crippen LogP contribution >= 0.6 is 0 Å². The Hall–Kier alpha value is -3.23. The molecule has 3 aromatic carbocycles. The molecule has 1 aliphatic rings. The minimum atomic E-state index is -3.62. The van der Waals surface area contributed by atoms with Crippen molar-refractivity contribution in [1.82, 2.24) is 4.31 Å². The molecule has 2 amide bonds. The fourth-order valence-corrected chi connectivity index (χ4v) is 5.55. The fourth-order valence-electron chi connectivity index (χ4n) is 4.04. The summed E-state index contributed by atoms with van der Waals surface area (Å²) >= 11 is 0. The lowest BCUT2D eigenvalue weighted by Crippen LogP contribution is -2.41. The zero-order valence-electron chi connectivity index (χ0n) is 19.3. The van der Waals surface area contributed by atoms with Crippen molar-refractivity contribution < 1.29 is 18.0 Å². The number of amides is 2. The first-order valence-electron chi connectivity index (χ1n) is 11.4. The molecule has 0 aliphatic carbocycles. The molecule has 7 nitrogen and oxygen atoms in total. The van der Waals surface area contributed by atoms with E-state index >= 15 is 0 Å². The number of hydrogen-bond donors (Lipinski definition) is 2. The van der Waals surface area contributed by atoms with Gasteiger partial charge in [-0.2, -0.15) is 4.31 Å². The third kappa shape index (κ3) is 5.29. The molecule has 0 radical (unpaired) electrons. The Morgan fingerprint density at radius 3 is 2.18 bits per heavy atom. The second kappa shape index (κ2) is 9.95. The predicted octanol–water partition coefficient (Wildman–Crippen LogP) is 4.47. The van der Waals surface area contributed by atoms with E-state index in [1.54, 1.807) is 36.4 Å². The quantitative estimate of drug-likeness (QED) is 0.545. The topological polar surface area (TPSA) is 95.6 Å². The van der Waals surface area contributed by atoms with Crippen molar-refractivity contribution in [3.8, 4) is 0 Å². The van der Waals surface area contributed by atoms with E-state index in [0.717, 1.165) is 10.8 Å². The normalized spacial score (nSPS) is 15.4. The monoisotopic (exact) mass is 479 g/mol. The predicted molar refractivity (Wildman–Crippen MR) is 134 cm³/mol. The number of anilines is 2. The van der Waals surface area contributed by atoms with Gasteiger partial charge in [-0.3, -0.25) is 9.59 Å². The van der Waals surface area contributed by atoms with E-state index in [9.17, 15) is 18.0 Å². The zero-order valence-corrected chi connectivity index (χ0v) is 20.1. The maximum Gasteiger partial charge on any atom is 0.243 e. The van der Waals surface area contributed by atoms with E-state index in [-0.39, 0.29) is 41.6 Å². The summed E-state index contributed by atoms with van der Waals surface area (Å²) in [7, 11) is -3.62. The first kappa shape index (κ1) is 23.9. The summed E-state index contributed by atoms with van der Waals surface area (Å²) in [5, 5.41) is 7.59. The number of sulfonamides is 1. The van der Waals surface area contributed by atoms with Gasteiger partial charge in [-0.25, -0.2) is 8.42 Å². The largest absolute Gasteiger partial charge is 0.326 e. The number of nitrogens with zero attached hydrogens (tertiary/aromatic N) is 1. The van der Waals surface area contributed by atoms with Gasteiger partial charge in [0.2, 0.25) is 21.8 Å². The Morgan fingerprint density at radius 1 is 0.853 bits per heavy atom. The van der Waals surface area contributed by atoms with Crippen LogP contribution in [0.1, 0.15) is 26.7 Å². The molecule has 178 valence electrons. The van der Waals surface area contributed by atoms with Crippen LogP contribution in [-0.4, -0.2) is 37.6 Å². The Bertz CT molecular complexity index is 1310. The molecule has 0 unspecified atom stereocenters. The number of carbonyl (C=O) groups excluding carboxylic acids is 2. The molecule has 1 aliphatic heterocycles. The fraction of sp³-hybridized carbons (Fsp3) is 0.308. The molecular formula is C26H29N3O4S. The molecule has 4 rings (SSSR count). The van der Waals surface area contributed by atoms with Crippen molar-refractivity contribution in [1.29, 1.82) is 0 Å². The van der Waals surface area contributed by atoms with Gasteiger partial charge in [-0.05, 0) is 53.9 Å². The van der Waals surface area contributed by atoms with Crippen LogP contribution in [0.25, 0.3) is 10.8 Å². The minimum absolute atomic E-state index is 0.0940. The van der Waals surface area contributed by atoms with Crippen LogP contribution in [0.5, 0.6) is 0 Å². The highest BCUT2D eigenvalue weighted by atomic mass is 32.2. The number of benzene rings is 3. The highest BCUT2D eigenvalue weighted by Gasteiger charge is 2.32. The van der Waals surface area contributed by atoms with Gasteiger partial charge in [0.1, 0.15) is 0 Å². The van der Waals surface area contributed by atoms with Crippen LogP contribution in [0.15, 0.2) is 71.6 Å². The van der Waals surface area contributed by atoms with Gasteiger partial charge in [-0.15, -0.1) is 0 Å². The molecular weight excluding hydrogens is 450 g/mol. The first-order valence-corrected chi connectivity index (χ1v) is 12.9. The summed E-state index contributed by atoms with van der Waals surface area (Å²) < 4.78 is 27.8. The molecule has 1 fully saturated rings. The first-order chi connectivity index (χ1) is 16.2. The number of fused-ring (bicyclic) bond motifs is 1. The third-order valence-electron chi connectivity index (χ3n) is 6.11. The van der Waals surface area contributed by atoms with Crippen molar-refractivity contribution >= 4 is 44.0 Å². The minimum Gasteiger partial charge on any atom is -0.326 e. The van der Waals surface area contributed by atoms with Gasteiger partial charge in [0.05, 0.1) is 4.90 Å². The summed E-state index contributed by atoms with van der Waals surface area (Å²) in [6.45, 7) is 4.20. The highest BCUT2D eigenvalue weighted by Crippen LogP contribution is 2.27. The van der Waals surface area contributed by atoms with Gasteiger partial charge in [-0.1, -0.05) is 50.2 Å². The number of hydrogen-bond acceptors (Lipinski definition) is 4. The van der Waals surface area contributed by atoms with E-state index < -0.39 is 10.0 Å².